The molecule has 1 rings (SSSR count). The summed E-state index contributed by atoms with van der Waals surface area (Å²) in [5, 5.41) is 4.85. The van der Waals surface area contributed by atoms with Crippen molar-refractivity contribution in [2.75, 3.05) is 6.54 Å². The van der Waals surface area contributed by atoms with Crippen molar-refractivity contribution >= 4 is 11.6 Å². The number of aryl methyl sites for hydroxylation is 2. The van der Waals surface area contributed by atoms with Crippen molar-refractivity contribution in [3.8, 4) is 0 Å². The monoisotopic (exact) mass is 261 g/mol. The average molecular weight is 262 g/mol. The molecule has 5 heteroatoms. The van der Waals surface area contributed by atoms with Gasteiger partial charge >= 0.3 is 0 Å². The maximum absolute atomic E-state index is 14.5. The van der Waals surface area contributed by atoms with Crippen LogP contribution in [0, 0.1) is 6.92 Å². The van der Waals surface area contributed by atoms with E-state index in [0.29, 0.717) is 18.0 Å². The van der Waals surface area contributed by atoms with Crippen LogP contribution in [0.2, 0.25) is 5.02 Å². The lowest BCUT2D eigenvalue weighted by Gasteiger charge is -2.23. The lowest BCUT2D eigenvalue weighted by molar-refractivity contribution is 0.155. The van der Waals surface area contributed by atoms with Gasteiger partial charge in [-0.15, -0.1) is 0 Å². The molecule has 0 saturated heterocycles. The summed E-state index contributed by atoms with van der Waals surface area (Å²) in [7, 11) is 0. The van der Waals surface area contributed by atoms with Gasteiger partial charge < -0.3 is 5.73 Å². The molecular weight excluding hydrogens is 241 g/mol. The van der Waals surface area contributed by atoms with Crippen LogP contribution in [-0.2, 0) is 13.0 Å². The van der Waals surface area contributed by atoms with E-state index >= 15 is 0 Å². The summed E-state index contributed by atoms with van der Waals surface area (Å²) in [6.45, 7) is 6.46. The van der Waals surface area contributed by atoms with Gasteiger partial charge in [-0.3, -0.25) is 4.68 Å². The summed E-state index contributed by atoms with van der Waals surface area (Å²) in [4.78, 5) is 0. The van der Waals surface area contributed by atoms with Crippen LogP contribution in [0.1, 0.15) is 38.1 Å². The van der Waals surface area contributed by atoms with Crippen molar-refractivity contribution in [2.24, 2.45) is 5.73 Å². The van der Waals surface area contributed by atoms with Crippen LogP contribution in [-0.4, -0.2) is 22.0 Å². The van der Waals surface area contributed by atoms with Gasteiger partial charge in [0.15, 0.2) is 0 Å². The highest BCUT2D eigenvalue weighted by molar-refractivity contribution is 6.31. The quantitative estimate of drug-likeness (QED) is 0.856. The minimum Gasteiger partial charge on any atom is -0.328 e. The van der Waals surface area contributed by atoms with Crippen LogP contribution in [0.4, 0.5) is 4.39 Å². The number of nitrogens with zero attached hydrogens (tertiary/aromatic N) is 2. The fourth-order valence-corrected chi connectivity index (χ4v) is 2.25. The van der Waals surface area contributed by atoms with Crippen LogP contribution < -0.4 is 5.73 Å². The van der Waals surface area contributed by atoms with E-state index in [1.807, 2.05) is 20.8 Å². The van der Waals surface area contributed by atoms with Gasteiger partial charge in [0.05, 0.1) is 16.4 Å². The molecule has 17 heavy (non-hydrogen) atoms. The van der Waals surface area contributed by atoms with Crippen molar-refractivity contribution in [1.82, 2.24) is 9.78 Å². The number of aromatic nitrogens is 2. The zero-order valence-electron chi connectivity index (χ0n) is 10.8. The van der Waals surface area contributed by atoms with Crippen molar-refractivity contribution in [2.45, 2.75) is 52.2 Å². The van der Waals surface area contributed by atoms with Crippen LogP contribution in [0.5, 0.6) is 0 Å². The molecule has 1 aromatic heterocycles. The first-order chi connectivity index (χ1) is 7.97. The van der Waals surface area contributed by atoms with Crippen LogP contribution in [0.3, 0.4) is 0 Å². The lowest BCUT2D eigenvalue weighted by atomic mass is 9.94. The average Bonchev–Trinajstić information content (AvgIpc) is 2.57. The predicted molar refractivity (Wildman–Crippen MR) is 69.2 cm³/mol. The molecule has 0 radical (unpaired) electrons. The molecule has 0 saturated carbocycles. The Morgan fingerprint density at radius 1 is 1.47 bits per heavy atom. The number of hydrogen-bond acceptors (Lipinski definition) is 2. The summed E-state index contributed by atoms with van der Waals surface area (Å²) in [5.74, 6) is 0. The molecule has 0 aliphatic rings. The Morgan fingerprint density at radius 2 is 2.12 bits per heavy atom. The Bertz CT molecular complexity index is 378. The fourth-order valence-electron chi connectivity index (χ4n) is 2.05. The minimum atomic E-state index is -1.38. The predicted octanol–water partition coefficient (Wildman–Crippen LogP) is 2.87. The Balaban J connectivity index is 3.00. The molecule has 0 aliphatic heterocycles. The second-order valence-corrected chi connectivity index (χ2v) is 4.82. The maximum Gasteiger partial charge on any atom is 0.128 e. The minimum absolute atomic E-state index is 0.0190. The molecule has 1 atom stereocenters. The number of halogens is 2. The third-order valence-electron chi connectivity index (χ3n) is 3.00. The Kier molecular flexibility index (Phi) is 4.95. The number of rotatable bonds is 6. The standard InChI is InChI=1S/C12H21ClFN3/c1-4-6-12(14,8-15)7-10-11(13)9(3)16-17(10)5-2/h4-8,15H2,1-3H3. The van der Waals surface area contributed by atoms with E-state index in [1.165, 1.54) is 0 Å². The van der Waals surface area contributed by atoms with Crippen molar-refractivity contribution < 1.29 is 4.39 Å². The molecule has 2 N–H and O–H groups in total. The molecule has 0 bridgehead atoms. The van der Waals surface area contributed by atoms with E-state index in [9.17, 15) is 4.39 Å². The van der Waals surface area contributed by atoms with E-state index in [4.69, 9.17) is 17.3 Å². The summed E-state index contributed by atoms with van der Waals surface area (Å²) < 4.78 is 16.2. The van der Waals surface area contributed by atoms with Gasteiger partial charge in [-0.25, -0.2) is 4.39 Å². The van der Waals surface area contributed by atoms with Crippen molar-refractivity contribution in [3.05, 3.63) is 16.4 Å². The summed E-state index contributed by atoms with van der Waals surface area (Å²) in [6, 6.07) is 0. The maximum atomic E-state index is 14.5. The highest BCUT2D eigenvalue weighted by Crippen LogP contribution is 2.28. The molecule has 0 aliphatic carbocycles. The van der Waals surface area contributed by atoms with Gasteiger partial charge in [-0.1, -0.05) is 24.9 Å². The van der Waals surface area contributed by atoms with E-state index in [0.717, 1.165) is 17.8 Å². The van der Waals surface area contributed by atoms with E-state index in [1.54, 1.807) is 4.68 Å². The number of alkyl halides is 1. The van der Waals surface area contributed by atoms with Gasteiger partial charge in [0.1, 0.15) is 5.67 Å². The Morgan fingerprint density at radius 3 is 2.59 bits per heavy atom. The molecule has 0 aromatic carbocycles. The number of hydrogen-bond donors (Lipinski definition) is 1. The molecule has 98 valence electrons. The van der Waals surface area contributed by atoms with Crippen molar-refractivity contribution in [1.29, 1.82) is 0 Å². The van der Waals surface area contributed by atoms with E-state index in [-0.39, 0.29) is 13.0 Å². The SMILES string of the molecule is CCCC(F)(CN)Cc1c(Cl)c(C)nn1CC. The van der Waals surface area contributed by atoms with Gasteiger partial charge in [-0.05, 0) is 20.3 Å². The summed E-state index contributed by atoms with van der Waals surface area (Å²) >= 11 is 6.17. The molecule has 0 fully saturated rings. The van der Waals surface area contributed by atoms with Gasteiger partial charge in [0, 0.05) is 19.5 Å². The molecule has 1 aromatic rings. The molecule has 0 amide bonds. The zero-order chi connectivity index (χ0) is 13.1. The second kappa shape index (κ2) is 5.83. The van der Waals surface area contributed by atoms with Gasteiger partial charge in [-0.2, -0.15) is 5.10 Å². The van der Waals surface area contributed by atoms with Crippen LogP contribution in [0.25, 0.3) is 0 Å². The molecule has 1 heterocycles. The summed E-state index contributed by atoms with van der Waals surface area (Å²) in [5.41, 5.74) is 5.67. The molecule has 1 unspecified atom stereocenters. The first-order valence-corrected chi connectivity index (χ1v) is 6.46. The topological polar surface area (TPSA) is 43.8 Å². The highest BCUT2D eigenvalue weighted by Gasteiger charge is 2.30. The first kappa shape index (κ1) is 14.5. The van der Waals surface area contributed by atoms with E-state index < -0.39 is 5.67 Å². The number of nitrogens with two attached hydrogens (primary N) is 1. The van der Waals surface area contributed by atoms with Crippen molar-refractivity contribution in [3.63, 3.8) is 0 Å². The normalized spacial score (nSPS) is 14.9. The fraction of sp³-hybridized carbons (Fsp3) is 0.750. The Labute approximate surface area is 107 Å². The highest BCUT2D eigenvalue weighted by atomic mass is 35.5. The van der Waals surface area contributed by atoms with Gasteiger partial charge in [0.2, 0.25) is 0 Å². The Hall–Kier alpha value is -0.610. The molecule has 0 spiro atoms. The van der Waals surface area contributed by atoms with Gasteiger partial charge in [0.25, 0.3) is 0 Å². The van der Waals surface area contributed by atoms with Crippen LogP contribution in [0.15, 0.2) is 0 Å². The third kappa shape index (κ3) is 3.19. The lowest BCUT2D eigenvalue weighted by Crippen LogP contribution is -2.36. The summed E-state index contributed by atoms with van der Waals surface area (Å²) in [6.07, 6.45) is 1.46. The largest absolute Gasteiger partial charge is 0.328 e. The molecule has 3 nitrogen and oxygen atoms in total. The third-order valence-corrected chi connectivity index (χ3v) is 3.49. The second-order valence-electron chi connectivity index (χ2n) is 4.44. The van der Waals surface area contributed by atoms with Crippen LogP contribution >= 0.6 is 11.6 Å². The molecular formula is C12H21ClFN3. The van der Waals surface area contributed by atoms with E-state index in [2.05, 4.69) is 5.10 Å². The zero-order valence-corrected chi connectivity index (χ0v) is 11.5. The smallest absolute Gasteiger partial charge is 0.128 e. The first-order valence-electron chi connectivity index (χ1n) is 6.08.